The van der Waals surface area contributed by atoms with Gasteiger partial charge >= 0.3 is 0 Å². The second-order valence-corrected chi connectivity index (χ2v) is 0. The van der Waals surface area contributed by atoms with Crippen molar-refractivity contribution in [1.29, 1.82) is 0 Å². The molecular weight excluding hydrogens is 313 g/mol. The zero-order chi connectivity index (χ0) is 2.00. The molecule has 0 spiro atoms. The summed E-state index contributed by atoms with van der Waals surface area (Å²) in [6, 6.07) is 0. The molecule has 0 N–H and O–H groups in total. The van der Waals surface area contributed by atoms with Crippen LogP contribution >= 0.6 is 0 Å². The van der Waals surface area contributed by atoms with Crippen LogP contribution in [-0.2, 0) is 58.6 Å². The van der Waals surface area contributed by atoms with Crippen LogP contribution in [0.4, 0.5) is 0 Å². The van der Waals surface area contributed by atoms with E-state index in [1.807, 2.05) is 0 Å². The SMILES string of the molecule is [CH-]=O.[CH3-].[W].[Y]. The topological polar surface area (TPSA) is 17.1 Å². The van der Waals surface area contributed by atoms with Gasteiger partial charge in [-0.2, -0.15) is 0 Å². The van der Waals surface area contributed by atoms with Gasteiger partial charge in [0.2, 0.25) is 0 Å². The average Bonchev–Trinajstić information content (AvgIpc) is 1.00. The Morgan fingerprint density at radius 2 is 1.20 bits per heavy atom. The second kappa shape index (κ2) is 50.9. The van der Waals surface area contributed by atoms with Crippen molar-refractivity contribution in [3.63, 3.8) is 0 Å². The predicted octanol–water partition coefficient (Wildman–Crippen LogP) is 0.171. The molecule has 0 unspecified atom stereocenters. The smallest absolute Gasteiger partial charge is 0 e. The average molecular weight is 317 g/mol. The van der Waals surface area contributed by atoms with Crippen LogP contribution in [0.15, 0.2) is 0 Å². The first-order valence-electron chi connectivity index (χ1n) is 0.236. The van der Waals surface area contributed by atoms with E-state index in [4.69, 9.17) is 4.79 Å². The van der Waals surface area contributed by atoms with Crippen LogP contribution in [0.5, 0.6) is 0 Å². The van der Waals surface area contributed by atoms with E-state index in [1.54, 1.807) is 0 Å². The minimum absolute atomic E-state index is 0. The van der Waals surface area contributed by atoms with Crippen molar-refractivity contribution >= 4 is 6.79 Å². The normalized spacial score (nSPS) is 0.800. The molecule has 0 aromatic carbocycles. The summed E-state index contributed by atoms with van der Waals surface area (Å²) in [5.74, 6) is 0. The minimum atomic E-state index is 0. The van der Waals surface area contributed by atoms with Crippen LogP contribution in [-0.4, -0.2) is 6.79 Å². The molecule has 1 nitrogen and oxygen atoms in total. The molecule has 0 rings (SSSR count). The molecule has 0 amide bonds. The molecule has 0 atom stereocenters. The molecule has 0 aliphatic heterocycles. The standard InChI is InChI=1S/CHO.CH3.W.Y/c1-2;;;/h1H;1H3;;/q2*-1;;. The van der Waals surface area contributed by atoms with Gasteiger partial charge in [-0.25, -0.2) is 0 Å². The Morgan fingerprint density at radius 1 is 1.20 bits per heavy atom. The van der Waals surface area contributed by atoms with Gasteiger partial charge in [0.1, 0.15) is 0 Å². The zero-order valence-corrected chi connectivity index (χ0v) is 8.74. The van der Waals surface area contributed by atoms with E-state index in [1.165, 1.54) is 0 Å². The van der Waals surface area contributed by atoms with Crippen molar-refractivity contribution in [1.82, 2.24) is 0 Å². The molecule has 0 bridgehead atoms. The molecule has 0 fully saturated rings. The number of hydrogen-bond acceptors (Lipinski definition) is 1. The summed E-state index contributed by atoms with van der Waals surface area (Å²) in [5, 5.41) is 0. The van der Waals surface area contributed by atoms with Gasteiger partial charge in [0.15, 0.2) is 0 Å². The van der Waals surface area contributed by atoms with Crippen LogP contribution in [0.25, 0.3) is 0 Å². The monoisotopic (exact) mass is 317 g/mol. The Morgan fingerprint density at radius 3 is 1.20 bits per heavy atom. The van der Waals surface area contributed by atoms with Crippen molar-refractivity contribution in [2.75, 3.05) is 0 Å². The van der Waals surface area contributed by atoms with Crippen LogP contribution < -0.4 is 0 Å². The molecule has 0 aliphatic carbocycles. The van der Waals surface area contributed by atoms with Crippen molar-refractivity contribution in [3.05, 3.63) is 7.43 Å². The molecule has 0 aromatic heterocycles. The first-order chi connectivity index (χ1) is 1.00. The fourth-order valence-corrected chi connectivity index (χ4v) is 0. The molecule has 29 valence electrons. The fourth-order valence-electron chi connectivity index (χ4n) is 0. The number of hydrogen-bond donors (Lipinski definition) is 0. The third-order valence-electron chi connectivity index (χ3n) is 0. The van der Waals surface area contributed by atoms with Gasteiger partial charge in [0.05, 0.1) is 0 Å². The van der Waals surface area contributed by atoms with E-state index in [0.29, 0.717) is 0 Å². The van der Waals surface area contributed by atoms with E-state index in [2.05, 4.69) is 6.79 Å². The summed E-state index contributed by atoms with van der Waals surface area (Å²) in [4.78, 5) is 7.75. The van der Waals surface area contributed by atoms with Gasteiger partial charge in [-0.15, -0.1) is 0 Å². The van der Waals surface area contributed by atoms with Gasteiger partial charge in [-0.05, 0) is 0 Å². The Kier molecular flexibility index (Phi) is 324. The Bertz CT molecular complexity index is 9.61. The third-order valence-corrected chi connectivity index (χ3v) is 0. The first-order valence-corrected chi connectivity index (χ1v) is 0.236. The van der Waals surface area contributed by atoms with E-state index in [0.717, 1.165) is 0 Å². The third kappa shape index (κ3) is 30.6. The van der Waals surface area contributed by atoms with Gasteiger partial charge in [0.25, 0.3) is 0 Å². The Balaban J connectivity index is -0.00000000167. The van der Waals surface area contributed by atoms with Gasteiger partial charge in [-0.1, -0.05) is 0 Å². The maximum atomic E-state index is 7.75. The molecule has 0 saturated heterocycles. The fraction of sp³-hybridized carbons (Fsp3) is 0. The summed E-state index contributed by atoms with van der Waals surface area (Å²) >= 11 is 0. The number of rotatable bonds is 0. The quantitative estimate of drug-likeness (QED) is 0.460. The largest absolute Gasteiger partial charge is 0.545 e. The van der Waals surface area contributed by atoms with Crippen molar-refractivity contribution in [3.8, 4) is 0 Å². The summed E-state index contributed by atoms with van der Waals surface area (Å²) < 4.78 is 0. The van der Waals surface area contributed by atoms with Gasteiger partial charge in [-0.3, -0.25) is 6.79 Å². The minimum Gasteiger partial charge on any atom is -0.545 e. The molecule has 0 saturated carbocycles. The molecule has 0 aliphatic rings. The van der Waals surface area contributed by atoms with E-state index >= 15 is 0 Å². The summed E-state index contributed by atoms with van der Waals surface area (Å²) in [6.45, 7) is 3.25. The first kappa shape index (κ1) is 31.8. The van der Waals surface area contributed by atoms with Crippen LogP contribution in [0.1, 0.15) is 0 Å². The van der Waals surface area contributed by atoms with E-state index in [-0.39, 0.29) is 61.2 Å². The zero-order valence-electron chi connectivity index (χ0n) is 2.97. The summed E-state index contributed by atoms with van der Waals surface area (Å²) in [6.07, 6.45) is 0. The summed E-state index contributed by atoms with van der Waals surface area (Å²) in [7, 11) is 0. The molecule has 0 heterocycles. The molecule has 5 heavy (non-hydrogen) atoms. The van der Waals surface area contributed by atoms with Crippen molar-refractivity contribution in [2.24, 2.45) is 0 Å². The molecule has 1 radical (unpaired) electrons. The maximum Gasteiger partial charge on any atom is 0 e. The van der Waals surface area contributed by atoms with Gasteiger partial charge in [0, 0.05) is 53.8 Å². The predicted molar refractivity (Wildman–Crippen MR) is 13.2 cm³/mol. The Labute approximate surface area is 72.0 Å². The number of carbonyl (C=O) groups excluding carboxylic acids is 1. The Hall–Kier alpha value is 1.46. The van der Waals surface area contributed by atoms with Crippen LogP contribution in [0.2, 0.25) is 0 Å². The van der Waals surface area contributed by atoms with Crippen LogP contribution in [0, 0.1) is 7.43 Å². The van der Waals surface area contributed by atoms with Crippen LogP contribution in [0.3, 0.4) is 0 Å². The molecular formula is C2H4OWY-2. The maximum absolute atomic E-state index is 7.75. The molecule has 0 aromatic rings. The second-order valence-electron chi connectivity index (χ2n) is 0. The van der Waals surface area contributed by atoms with Crippen molar-refractivity contribution in [2.45, 2.75) is 0 Å². The molecule has 3 heteroatoms. The van der Waals surface area contributed by atoms with E-state index < -0.39 is 0 Å². The summed E-state index contributed by atoms with van der Waals surface area (Å²) in [5.41, 5.74) is 0. The van der Waals surface area contributed by atoms with Crippen molar-refractivity contribution < 1.29 is 58.6 Å². The van der Waals surface area contributed by atoms with Gasteiger partial charge < -0.3 is 12.2 Å². The van der Waals surface area contributed by atoms with E-state index in [9.17, 15) is 0 Å².